The Bertz CT molecular complexity index is 597. The van der Waals surface area contributed by atoms with E-state index < -0.39 is 5.60 Å². The van der Waals surface area contributed by atoms with E-state index in [1.807, 2.05) is 25.1 Å². The van der Waals surface area contributed by atoms with Gasteiger partial charge in [0.25, 0.3) is 0 Å². The minimum absolute atomic E-state index is 0.153. The van der Waals surface area contributed by atoms with Crippen LogP contribution in [0.4, 0.5) is 0 Å². The number of benzene rings is 1. The van der Waals surface area contributed by atoms with E-state index in [1.54, 1.807) is 6.07 Å². The van der Waals surface area contributed by atoms with E-state index in [1.165, 1.54) is 0 Å². The zero-order valence-corrected chi connectivity index (χ0v) is 14.3. The van der Waals surface area contributed by atoms with Gasteiger partial charge in [-0.3, -0.25) is 4.90 Å². The number of para-hydroxylation sites is 1. The molecule has 0 unspecified atom stereocenters. The highest BCUT2D eigenvalue weighted by molar-refractivity contribution is 5.42. The summed E-state index contributed by atoms with van der Waals surface area (Å²) in [4.78, 5) is 2.41. The molecule has 0 bridgehead atoms. The van der Waals surface area contributed by atoms with Gasteiger partial charge >= 0.3 is 0 Å². The third-order valence-corrected chi connectivity index (χ3v) is 5.37. The third-order valence-electron chi connectivity index (χ3n) is 5.37. The minimum atomic E-state index is -0.653. The zero-order chi connectivity index (χ0) is 17.0. The van der Waals surface area contributed by atoms with E-state index in [4.69, 9.17) is 14.7 Å². The Morgan fingerprint density at radius 2 is 2.29 bits per heavy atom. The quantitative estimate of drug-likeness (QED) is 0.896. The summed E-state index contributed by atoms with van der Waals surface area (Å²) < 4.78 is 11.4. The molecule has 5 nitrogen and oxygen atoms in total. The van der Waals surface area contributed by atoms with E-state index in [2.05, 4.69) is 11.0 Å². The summed E-state index contributed by atoms with van der Waals surface area (Å²) in [6.07, 6.45) is 2.94. The predicted octanol–water partition coefficient (Wildman–Crippen LogP) is 2.19. The van der Waals surface area contributed by atoms with Crippen LogP contribution in [0.5, 0.6) is 5.75 Å². The van der Waals surface area contributed by atoms with E-state index in [-0.39, 0.29) is 5.92 Å². The molecule has 2 aliphatic heterocycles. The Morgan fingerprint density at radius 1 is 1.46 bits per heavy atom. The van der Waals surface area contributed by atoms with Crippen LogP contribution in [-0.2, 0) is 4.74 Å². The maximum absolute atomic E-state index is 10.7. The van der Waals surface area contributed by atoms with E-state index in [0.29, 0.717) is 43.6 Å². The summed E-state index contributed by atoms with van der Waals surface area (Å²) in [6, 6.07) is 9.82. The molecule has 0 amide bonds. The number of nitriles is 1. The van der Waals surface area contributed by atoms with Gasteiger partial charge in [0.15, 0.2) is 0 Å². The Kier molecular flexibility index (Phi) is 5.40. The van der Waals surface area contributed by atoms with Crippen LogP contribution >= 0.6 is 0 Å². The highest BCUT2D eigenvalue weighted by Crippen LogP contribution is 2.35. The fraction of sp³-hybridized carbons (Fsp3) is 0.632. The van der Waals surface area contributed by atoms with Gasteiger partial charge in [-0.1, -0.05) is 12.1 Å². The molecule has 24 heavy (non-hydrogen) atoms. The lowest BCUT2D eigenvalue weighted by atomic mass is 9.79. The van der Waals surface area contributed by atoms with Crippen molar-refractivity contribution in [2.24, 2.45) is 5.92 Å². The van der Waals surface area contributed by atoms with Crippen molar-refractivity contribution < 1.29 is 14.6 Å². The number of likely N-dealkylation sites (tertiary alicyclic amines) is 1. The van der Waals surface area contributed by atoms with Gasteiger partial charge < -0.3 is 14.6 Å². The number of ether oxygens (including phenoxy) is 2. The Labute approximate surface area is 143 Å². The molecule has 5 heteroatoms. The van der Waals surface area contributed by atoms with Crippen molar-refractivity contribution in [1.29, 1.82) is 5.26 Å². The topological polar surface area (TPSA) is 65.7 Å². The van der Waals surface area contributed by atoms with Gasteiger partial charge in [0.2, 0.25) is 0 Å². The molecular formula is C19H26N2O3. The molecule has 0 aliphatic carbocycles. The fourth-order valence-corrected chi connectivity index (χ4v) is 3.92. The lowest BCUT2D eigenvalue weighted by molar-refractivity contribution is -0.123. The van der Waals surface area contributed by atoms with Gasteiger partial charge in [0.1, 0.15) is 18.4 Å². The van der Waals surface area contributed by atoms with Crippen molar-refractivity contribution in [2.45, 2.75) is 37.8 Å². The van der Waals surface area contributed by atoms with Gasteiger partial charge in [-0.05, 0) is 44.9 Å². The summed E-state index contributed by atoms with van der Waals surface area (Å²) >= 11 is 0. The Morgan fingerprint density at radius 3 is 3.08 bits per heavy atom. The molecule has 0 radical (unpaired) electrons. The van der Waals surface area contributed by atoms with Crippen molar-refractivity contribution >= 4 is 0 Å². The van der Waals surface area contributed by atoms with Crippen LogP contribution in [0.15, 0.2) is 24.3 Å². The molecular weight excluding hydrogens is 304 g/mol. The normalized spacial score (nSPS) is 30.9. The van der Waals surface area contributed by atoms with Gasteiger partial charge in [-0.15, -0.1) is 0 Å². The van der Waals surface area contributed by atoms with Crippen LogP contribution in [0.2, 0.25) is 0 Å². The molecule has 0 saturated carbocycles. The fourth-order valence-electron chi connectivity index (χ4n) is 3.92. The summed E-state index contributed by atoms with van der Waals surface area (Å²) in [6.45, 7) is 5.59. The zero-order valence-electron chi connectivity index (χ0n) is 14.3. The molecule has 2 fully saturated rings. The lowest BCUT2D eigenvalue weighted by Gasteiger charge is -2.43. The Hall–Kier alpha value is -1.61. The van der Waals surface area contributed by atoms with Crippen molar-refractivity contribution in [2.75, 3.05) is 32.9 Å². The van der Waals surface area contributed by atoms with Crippen molar-refractivity contribution in [3.8, 4) is 11.8 Å². The molecule has 2 aliphatic rings. The van der Waals surface area contributed by atoms with Crippen LogP contribution in [0.1, 0.15) is 31.7 Å². The van der Waals surface area contributed by atoms with Crippen molar-refractivity contribution in [3.05, 3.63) is 29.8 Å². The van der Waals surface area contributed by atoms with Crippen LogP contribution in [-0.4, -0.2) is 54.6 Å². The SMILES string of the molecule is C[C@]1(O)CCOC[C@H]1[C@@H]1CCCN1CCOc1ccccc1C#N. The van der Waals surface area contributed by atoms with E-state index in [0.717, 1.165) is 25.9 Å². The Balaban J connectivity index is 1.57. The number of rotatable bonds is 5. The summed E-state index contributed by atoms with van der Waals surface area (Å²) in [7, 11) is 0. The first-order valence-electron chi connectivity index (χ1n) is 8.78. The number of hydrogen-bond donors (Lipinski definition) is 1. The summed E-state index contributed by atoms with van der Waals surface area (Å²) in [5, 5.41) is 19.8. The second kappa shape index (κ2) is 7.52. The van der Waals surface area contributed by atoms with Crippen molar-refractivity contribution in [3.63, 3.8) is 0 Å². The van der Waals surface area contributed by atoms with E-state index >= 15 is 0 Å². The average Bonchev–Trinajstić information content (AvgIpc) is 3.03. The smallest absolute Gasteiger partial charge is 0.137 e. The van der Waals surface area contributed by atoms with Crippen LogP contribution in [0, 0.1) is 17.2 Å². The molecule has 3 atom stereocenters. The molecule has 0 spiro atoms. The summed E-state index contributed by atoms with van der Waals surface area (Å²) in [5.41, 5.74) is -0.0844. The number of nitrogens with zero attached hydrogens (tertiary/aromatic N) is 2. The predicted molar refractivity (Wildman–Crippen MR) is 90.8 cm³/mol. The van der Waals surface area contributed by atoms with Gasteiger partial charge in [0, 0.05) is 25.1 Å². The highest BCUT2D eigenvalue weighted by Gasteiger charge is 2.43. The average molecular weight is 330 g/mol. The van der Waals surface area contributed by atoms with Crippen LogP contribution < -0.4 is 4.74 Å². The molecule has 1 N–H and O–H groups in total. The second-order valence-electron chi connectivity index (χ2n) is 6.99. The standard InChI is InChI=1S/C19H26N2O3/c1-19(22)8-11-23-14-16(19)17-6-4-9-21(17)10-12-24-18-7-3-2-5-15(18)13-20/h2-3,5,7,16-17,22H,4,6,8-12,14H2,1H3/t16-,17-,19-/m0/s1. The molecule has 0 aromatic heterocycles. The molecule has 130 valence electrons. The molecule has 2 saturated heterocycles. The molecule has 1 aromatic carbocycles. The highest BCUT2D eigenvalue weighted by atomic mass is 16.5. The first kappa shape index (κ1) is 17.2. The van der Waals surface area contributed by atoms with E-state index in [9.17, 15) is 5.11 Å². The maximum Gasteiger partial charge on any atom is 0.137 e. The lowest BCUT2D eigenvalue weighted by Crippen LogP contribution is -2.53. The maximum atomic E-state index is 10.7. The van der Waals surface area contributed by atoms with Crippen molar-refractivity contribution in [1.82, 2.24) is 4.90 Å². The molecule has 2 heterocycles. The first-order valence-corrected chi connectivity index (χ1v) is 8.78. The van der Waals surface area contributed by atoms with Crippen LogP contribution in [0.25, 0.3) is 0 Å². The van der Waals surface area contributed by atoms with Gasteiger partial charge in [-0.2, -0.15) is 5.26 Å². The largest absolute Gasteiger partial charge is 0.491 e. The second-order valence-corrected chi connectivity index (χ2v) is 6.99. The van der Waals surface area contributed by atoms with Gasteiger partial charge in [0.05, 0.1) is 17.8 Å². The molecule has 1 aromatic rings. The minimum Gasteiger partial charge on any atom is -0.491 e. The van der Waals surface area contributed by atoms with Crippen LogP contribution in [0.3, 0.4) is 0 Å². The summed E-state index contributed by atoms with van der Waals surface area (Å²) in [5.74, 6) is 0.795. The third kappa shape index (κ3) is 3.72. The van der Waals surface area contributed by atoms with Gasteiger partial charge in [-0.25, -0.2) is 0 Å². The number of hydrogen-bond acceptors (Lipinski definition) is 5. The number of aliphatic hydroxyl groups is 1. The molecule has 3 rings (SSSR count). The first-order chi connectivity index (χ1) is 11.6. The monoisotopic (exact) mass is 330 g/mol.